The third-order valence-corrected chi connectivity index (χ3v) is 6.77. The van der Waals surface area contributed by atoms with Crippen LogP contribution in [-0.2, 0) is 27.3 Å². The van der Waals surface area contributed by atoms with E-state index in [2.05, 4.69) is 41.3 Å². The van der Waals surface area contributed by atoms with Crippen molar-refractivity contribution in [1.29, 1.82) is 0 Å². The average molecular weight is 535 g/mol. The third kappa shape index (κ3) is 7.31. The lowest BCUT2D eigenvalue weighted by atomic mass is 10.0. The van der Waals surface area contributed by atoms with Crippen molar-refractivity contribution in [3.8, 4) is 0 Å². The summed E-state index contributed by atoms with van der Waals surface area (Å²) in [7, 11) is 0. The molecule has 0 amide bonds. The third-order valence-electron chi connectivity index (χ3n) is 6.77. The predicted octanol–water partition coefficient (Wildman–Crippen LogP) is 6.09. The van der Waals surface area contributed by atoms with Gasteiger partial charge in [0.1, 0.15) is 6.10 Å². The van der Waals surface area contributed by atoms with E-state index in [-0.39, 0.29) is 12.6 Å². The number of esters is 1. The van der Waals surface area contributed by atoms with Crippen molar-refractivity contribution in [3.63, 3.8) is 0 Å². The number of ether oxygens (including phenoxy) is 3. The predicted molar refractivity (Wildman–Crippen MR) is 155 cm³/mol. The number of hydrazine groups is 1. The smallest absolute Gasteiger partial charge is 0.338 e. The van der Waals surface area contributed by atoms with E-state index in [9.17, 15) is 4.79 Å². The largest absolute Gasteiger partial charge is 0.453 e. The summed E-state index contributed by atoms with van der Waals surface area (Å²) >= 11 is 0. The topological polar surface area (TPSA) is 60.0 Å². The van der Waals surface area contributed by atoms with Crippen LogP contribution in [0, 0.1) is 0 Å². The van der Waals surface area contributed by atoms with E-state index in [0.29, 0.717) is 18.7 Å². The zero-order chi connectivity index (χ0) is 27.6. The number of hydrogen-bond acceptors (Lipinski definition) is 6. The Bertz CT molecular complexity index is 1290. The van der Waals surface area contributed by atoms with Gasteiger partial charge in [0.25, 0.3) is 0 Å². The molecule has 1 aliphatic rings. The van der Waals surface area contributed by atoms with E-state index in [1.807, 2.05) is 91.0 Å². The van der Waals surface area contributed by atoms with Gasteiger partial charge < -0.3 is 14.2 Å². The van der Waals surface area contributed by atoms with Crippen molar-refractivity contribution in [3.05, 3.63) is 156 Å². The number of rotatable bonds is 11. The van der Waals surface area contributed by atoms with Crippen LogP contribution in [0.25, 0.3) is 0 Å². The summed E-state index contributed by atoms with van der Waals surface area (Å²) in [5.41, 5.74) is 7.33. The van der Waals surface area contributed by atoms with Crippen LogP contribution in [0.15, 0.2) is 134 Å². The van der Waals surface area contributed by atoms with Gasteiger partial charge in [0.15, 0.2) is 12.4 Å². The molecule has 0 bridgehead atoms. The quantitative estimate of drug-likeness (QED) is 0.143. The first kappa shape index (κ1) is 27.5. The van der Waals surface area contributed by atoms with Crippen molar-refractivity contribution < 1.29 is 19.0 Å². The second kappa shape index (κ2) is 13.8. The van der Waals surface area contributed by atoms with Crippen molar-refractivity contribution >= 4 is 5.97 Å². The molecular weight excluding hydrogens is 500 g/mol. The van der Waals surface area contributed by atoms with Gasteiger partial charge in [0.05, 0.1) is 18.2 Å². The highest BCUT2D eigenvalue weighted by molar-refractivity contribution is 5.89. The second-order valence-electron chi connectivity index (χ2n) is 9.70. The lowest BCUT2D eigenvalue weighted by Crippen LogP contribution is -2.56. The molecular formula is C34H34N2O4. The van der Waals surface area contributed by atoms with Gasteiger partial charge in [-0.05, 0) is 23.3 Å². The number of hydrogen-bond donors (Lipinski definition) is 1. The van der Waals surface area contributed by atoms with Crippen LogP contribution in [0.2, 0.25) is 0 Å². The van der Waals surface area contributed by atoms with Gasteiger partial charge in [-0.15, -0.1) is 6.58 Å². The first-order valence-corrected chi connectivity index (χ1v) is 13.5. The standard InChI is InChI=1S/C34H34N2O4/c1-2-30(35-36(23-26-15-7-3-8-16-26)24-27-17-9-4-10-18-27)32-31(39-33(37)28-19-11-5-12-20-28)25-38-34(40-32)29-21-13-6-14-22-29/h2-22,30-32,34-35H,1,23-25H2/t30-,31+,32+,34-/m0/s1. The van der Waals surface area contributed by atoms with Crippen molar-refractivity contribution in [1.82, 2.24) is 10.4 Å². The fourth-order valence-corrected chi connectivity index (χ4v) is 4.75. The van der Waals surface area contributed by atoms with E-state index in [1.165, 1.54) is 0 Å². The molecule has 0 spiro atoms. The molecule has 0 aromatic heterocycles. The SMILES string of the molecule is C=C[C@H](NN(Cc1ccccc1)Cc1ccccc1)[C@H]1O[C@@H](c2ccccc2)OC[C@H]1OC(=O)c1ccccc1. The minimum atomic E-state index is -0.654. The number of carbonyl (C=O) groups is 1. The van der Waals surface area contributed by atoms with Gasteiger partial charge in [-0.3, -0.25) is 0 Å². The van der Waals surface area contributed by atoms with Gasteiger partial charge in [-0.1, -0.05) is 115 Å². The molecule has 5 rings (SSSR count). The normalized spacial score (nSPS) is 19.6. The molecule has 1 heterocycles. The molecule has 4 aromatic rings. The molecule has 0 aliphatic carbocycles. The molecule has 1 saturated heterocycles. The fourth-order valence-electron chi connectivity index (χ4n) is 4.75. The number of nitrogens with zero attached hydrogens (tertiary/aromatic N) is 1. The number of carbonyl (C=O) groups excluding carboxylic acids is 1. The summed E-state index contributed by atoms with van der Waals surface area (Å²) < 4.78 is 18.6. The van der Waals surface area contributed by atoms with Crippen LogP contribution < -0.4 is 5.43 Å². The Balaban J connectivity index is 1.40. The highest BCUT2D eigenvalue weighted by Crippen LogP contribution is 2.30. The maximum Gasteiger partial charge on any atom is 0.338 e. The van der Waals surface area contributed by atoms with Gasteiger partial charge in [0.2, 0.25) is 0 Å². The number of benzene rings is 4. The van der Waals surface area contributed by atoms with Crippen molar-refractivity contribution in [2.24, 2.45) is 0 Å². The van der Waals surface area contributed by atoms with E-state index < -0.39 is 24.5 Å². The van der Waals surface area contributed by atoms with Gasteiger partial charge in [-0.25, -0.2) is 15.2 Å². The first-order chi connectivity index (χ1) is 19.7. The first-order valence-electron chi connectivity index (χ1n) is 13.5. The van der Waals surface area contributed by atoms with Gasteiger partial charge >= 0.3 is 5.97 Å². The van der Waals surface area contributed by atoms with E-state index >= 15 is 0 Å². The molecule has 4 aromatic carbocycles. The average Bonchev–Trinajstić information content (AvgIpc) is 3.02. The van der Waals surface area contributed by atoms with Crippen LogP contribution >= 0.6 is 0 Å². The van der Waals surface area contributed by atoms with E-state index in [0.717, 1.165) is 16.7 Å². The van der Waals surface area contributed by atoms with Gasteiger partial charge in [0, 0.05) is 18.7 Å². The molecule has 6 nitrogen and oxygen atoms in total. The highest BCUT2D eigenvalue weighted by atomic mass is 16.7. The molecule has 204 valence electrons. The summed E-state index contributed by atoms with van der Waals surface area (Å²) in [5.74, 6) is -0.422. The minimum Gasteiger partial charge on any atom is -0.453 e. The fraction of sp³-hybridized carbons (Fsp3) is 0.206. The van der Waals surface area contributed by atoms with E-state index in [4.69, 9.17) is 14.2 Å². The van der Waals surface area contributed by atoms with Crippen molar-refractivity contribution in [2.75, 3.05) is 6.61 Å². The summed E-state index contributed by atoms with van der Waals surface area (Å²) in [6.45, 7) is 5.61. The molecule has 1 aliphatic heterocycles. The van der Waals surface area contributed by atoms with Crippen LogP contribution in [-0.4, -0.2) is 35.8 Å². The Morgan fingerprint density at radius 3 is 1.93 bits per heavy atom. The van der Waals surface area contributed by atoms with Crippen LogP contribution in [0.3, 0.4) is 0 Å². The van der Waals surface area contributed by atoms with Crippen LogP contribution in [0.4, 0.5) is 0 Å². The number of nitrogens with one attached hydrogen (secondary N) is 1. The Hall–Kier alpha value is -4.07. The lowest BCUT2D eigenvalue weighted by molar-refractivity contribution is -0.262. The maximum absolute atomic E-state index is 13.0. The summed E-state index contributed by atoms with van der Waals surface area (Å²) in [6, 6.07) is 38.9. The summed E-state index contributed by atoms with van der Waals surface area (Å²) in [5, 5.41) is 2.14. The zero-order valence-electron chi connectivity index (χ0n) is 22.3. The van der Waals surface area contributed by atoms with E-state index in [1.54, 1.807) is 12.1 Å². The summed E-state index contributed by atoms with van der Waals surface area (Å²) in [4.78, 5) is 13.0. The van der Waals surface area contributed by atoms with Crippen LogP contribution in [0.1, 0.15) is 33.3 Å². The molecule has 6 heteroatoms. The van der Waals surface area contributed by atoms with Crippen LogP contribution in [0.5, 0.6) is 0 Å². The summed E-state index contributed by atoms with van der Waals surface area (Å²) in [6.07, 6.45) is 0.000140. The second-order valence-corrected chi connectivity index (χ2v) is 9.70. The van der Waals surface area contributed by atoms with Crippen molar-refractivity contribution in [2.45, 2.75) is 37.6 Å². The molecule has 4 atom stereocenters. The maximum atomic E-state index is 13.0. The monoisotopic (exact) mass is 534 g/mol. The Morgan fingerprint density at radius 2 is 1.38 bits per heavy atom. The lowest BCUT2D eigenvalue weighted by Gasteiger charge is -2.41. The minimum absolute atomic E-state index is 0.187. The molecule has 0 radical (unpaired) electrons. The molecule has 0 saturated carbocycles. The molecule has 0 unspecified atom stereocenters. The molecule has 1 N–H and O–H groups in total. The molecule has 1 fully saturated rings. The highest BCUT2D eigenvalue weighted by Gasteiger charge is 2.40. The molecule has 40 heavy (non-hydrogen) atoms. The Kier molecular flexibility index (Phi) is 9.50. The Labute approximate surface area is 235 Å². The van der Waals surface area contributed by atoms with Gasteiger partial charge in [-0.2, -0.15) is 0 Å². The zero-order valence-corrected chi connectivity index (χ0v) is 22.3. The Morgan fingerprint density at radius 1 is 0.850 bits per heavy atom.